The molecule has 0 saturated carbocycles. The molecular formula is C19H24N2O. The van der Waals surface area contributed by atoms with Gasteiger partial charge in [-0.3, -0.25) is 4.79 Å². The van der Waals surface area contributed by atoms with Gasteiger partial charge in [-0.2, -0.15) is 0 Å². The fourth-order valence-corrected chi connectivity index (χ4v) is 2.45. The molecule has 2 N–H and O–H groups in total. The Morgan fingerprint density at radius 1 is 1.09 bits per heavy atom. The van der Waals surface area contributed by atoms with Gasteiger partial charge in [-0.25, -0.2) is 0 Å². The molecule has 2 rings (SSSR count). The van der Waals surface area contributed by atoms with Crippen LogP contribution in [-0.2, 0) is 11.2 Å². The van der Waals surface area contributed by atoms with Crippen molar-refractivity contribution in [2.45, 2.75) is 26.3 Å². The molecule has 22 heavy (non-hydrogen) atoms. The monoisotopic (exact) mass is 296 g/mol. The Morgan fingerprint density at radius 2 is 1.73 bits per heavy atom. The predicted octanol–water partition coefficient (Wildman–Crippen LogP) is 3.09. The lowest BCUT2D eigenvalue weighted by Crippen LogP contribution is -2.39. The van der Waals surface area contributed by atoms with Crippen LogP contribution in [0, 0.1) is 6.92 Å². The fourth-order valence-electron chi connectivity index (χ4n) is 2.45. The minimum absolute atomic E-state index is 0.0118. The van der Waals surface area contributed by atoms with Crippen molar-refractivity contribution >= 4 is 5.91 Å². The molecule has 0 aromatic heterocycles. The summed E-state index contributed by atoms with van der Waals surface area (Å²) in [6.07, 6.45) is 0.848. The first kappa shape index (κ1) is 16.2. The van der Waals surface area contributed by atoms with Crippen molar-refractivity contribution in [3.8, 4) is 0 Å². The van der Waals surface area contributed by atoms with E-state index in [-0.39, 0.29) is 5.91 Å². The summed E-state index contributed by atoms with van der Waals surface area (Å²) in [4.78, 5) is 14.4. The Hall–Kier alpha value is -2.13. The lowest BCUT2D eigenvalue weighted by atomic mass is 10.0. The molecule has 0 saturated heterocycles. The maximum atomic E-state index is 12.6. The summed E-state index contributed by atoms with van der Waals surface area (Å²) < 4.78 is 0. The van der Waals surface area contributed by atoms with Gasteiger partial charge in [0.05, 0.1) is 0 Å². The molecule has 0 aliphatic rings. The van der Waals surface area contributed by atoms with Crippen LogP contribution in [0.5, 0.6) is 0 Å². The Bertz CT molecular complexity index is 593. The Balaban J connectivity index is 2.00. The number of nitrogens with two attached hydrogens (primary N) is 1. The smallest absolute Gasteiger partial charge is 0.244 e. The van der Waals surface area contributed by atoms with E-state index >= 15 is 0 Å². The molecule has 0 bridgehead atoms. The number of aryl methyl sites for hydroxylation is 1. The van der Waals surface area contributed by atoms with E-state index in [9.17, 15) is 4.79 Å². The summed E-state index contributed by atoms with van der Waals surface area (Å²) in [5, 5.41) is 0. The summed E-state index contributed by atoms with van der Waals surface area (Å²) in [6, 6.07) is 17.5. The third kappa shape index (κ3) is 4.18. The summed E-state index contributed by atoms with van der Waals surface area (Å²) in [7, 11) is 0. The van der Waals surface area contributed by atoms with E-state index < -0.39 is 6.04 Å². The number of hydrogen-bond acceptors (Lipinski definition) is 2. The zero-order valence-electron chi connectivity index (χ0n) is 13.3. The number of rotatable bonds is 6. The summed E-state index contributed by atoms with van der Waals surface area (Å²) in [5.74, 6) is -0.0118. The van der Waals surface area contributed by atoms with Gasteiger partial charge in [0.15, 0.2) is 0 Å². The Kier molecular flexibility index (Phi) is 5.73. The topological polar surface area (TPSA) is 46.3 Å². The van der Waals surface area contributed by atoms with Gasteiger partial charge in [-0.05, 0) is 31.4 Å². The second-order valence-electron chi connectivity index (χ2n) is 5.54. The van der Waals surface area contributed by atoms with Gasteiger partial charge in [0.2, 0.25) is 5.91 Å². The minimum atomic E-state index is -0.587. The van der Waals surface area contributed by atoms with Gasteiger partial charge in [-0.15, -0.1) is 0 Å². The van der Waals surface area contributed by atoms with E-state index in [1.807, 2.05) is 61.2 Å². The molecule has 0 aliphatic heterocycles. The summed E-state index contributed by atoms with van der Waals surface area (Å²) in [6.45, 7) is 5.38. The van der Waals surface area contributed by atoms with Crippen LogP contribution >= 0.6 is 0 Å². The molecule has 0 fully saturated rings. The molecule has 1 amide bonds. The van der Waals surface area contributed by atoms with Gasteiger partial charge in [0.1, 0.15) is 6.04 Å². The lowest BCUT2D eigenvalue weighted by Gasteiger charge is -2.24. The molecule has 116 valence electrons. The van der Waals surface area contributed by atoms with Gasteiger partial charge in [0.25, 0.3) is 0 Å². The quantitative estimate of drug-likeness (QED) is 0.890. The van der Waals surface area contributed by atoms with Crippen LogP contribution < -0.4 is 5.73 Å². The molecule has 0 aliphatic carbocycles. The number of carbonyl (C=O) groups excluding carboxylic acids is 1. The first-order valence-corrected chi connectivity index (χ1v) is 7.76. The molecule has 2 aromatic rings. The molecule has 0 radical (unpaired) electrons. The Morgan fingerprint density at radius 3 is 2.32 bits per heavy atom. The number of nitrogens with zero attached hydrogens (tertiary/aromatic N) is 1. The van der Waals surface area contributed by atoms with Crippen LogP contribution in [0.1, 0.15) is 29.7 Å². The third-order valence-electron chi connectivity index (χ3n) is 3.91. The molecule has 3 heteroatoms. The van der Waals surface area contributed by atoms with Gasteiger partial charge >= 0.3 is 0 Å². The minimum Gasteiger partial charge on any atom is -0.341 e. The highest BCUT2D eigenvalue weighted by molar-refractivity contribution is 5.83. The van der Waals surface area contributed by atoms with E-state index in [1.54, 1.807) is 0 Å². The highest BCUT2D eigenvalue weighted by Gasteiger charge is 2.21. The molecule has 0 heterocycles. The van der Waals surface area contributed by atoms with E-state index in [0.717, 1.165) is 12.0 Å². The van der Waals surface area contributed by atoms with Crippen LogP contribution in [0.3, 0.4) is 0 Å². The lowest BCUT2D eigenvalue weighted by molar-refractivity contribution is -0.132. The van der Waals surface area contributed by atoms with E-state index in [2.05, 4.69) is 12.1 Å². The van der Waals surface area contributed by atoms with E-state index in [0.29, 0.717) is 13.1 Å². The number of likely N-dealkylation sites (N-methyl/N-ethyl adjacent to an activating group) is 1. The Labute approximate surface area is 132 Å². The summed E-state index contributed by atoms with van der Waals surface area (Å²) in [5.41, 5.74) is 9.41. The molecule has 0 spiro atoms. The second kappa shape index (κ2) is 7.76. The largest absolute Gasteiger partial charge is 0.341 e. The number of amides is 1. The predicted molar refractivity (Wildman–Crippen MR) is 90.5 cm³/mol. The molecular weight excluding hydrogens is 272 g/mol. The highest BCUT2D eigenvalue weighted by atomic mass is 16.2. The first-order chi connectivity index (χ1) is 10.6. The van der Waals surface area contributed by atoms with Gasteiger partial charge in [-0.1, -0.05) is 60.2 Å². The molecule has 1 unspecified atom stereocenters. The van der Waals surface area contributed by atoms with Gasteiger partial charge in [0, 0.05) is 13.1 Å². The molecule has 1 atom stereocenters. The SMILES string of the molecule is CCN(CCc1ccccc1)C(=O)C(N)c1ccc(C)cc1. The maximum absolute atomic E-state index is 12.6. The average Bonchev–Trinajstić information content (AvgIpc) is 2.56. The van der Waals surface area contributed by atoms with Crippen molar-refractivity contribution in [3.05, 3.63) is 71.3 Å². The van der Waals surface area contributed by atoms with Crippen LogP contribution in [0.15, 0.2) is 54.6 Å². The van der Waals surface area contributed by atoms with E-state index in [4.69, 9.17) is 5.73 Å². The van der Waals surface area contributed by atoms with Crippen molar-refractivity contribution in [1.29, 1.82) is 0 Å². The zero-order chi connectivity index (χ0) is 15.9. The average molecular weight is 296 g/mol. The van der Waals surface area contributed by atoms with Crippen LogP contribution in [0.2, 0.25) is 0 Å². The van der Waals surface area contributed by atoms with Gasteiger partial charge < -0.3 is 10.6 Å². The number of hydrogen-bond donors (Lipinski definition) is 1. The van der Waals surface area contributed by atoms with Crippen molar-refractivity contribution in [2.24, 2.45) is 5.73 Å². The molecule has 3 nitrogen and oxygen atoms in total. The van der Waals surface area contributed by atoms with Crippen LogP contribution in [0.25, 0.3) is 0 Å². The van der Waals surface area contributed by atoms with Crippen molar-refractivity contribution in [2.75, 3.05) is 13.1 Å². The molecule has 2 aromatic carbocycles. The standard InChI is InChI=1S/C19H24N2O/c1-3-21(14-13-16-7-5-4-6-8-16)19(22)18(20)17-11-9-15(2)10-12-17/h4-12,18H,3,13-14,20H2,1-2H3. The zero-order valence-corrected chi connectivity index (χ0v) is 13.3. The normalized spacial score (nSPS) is 12.0. The second-order valence-corrected chi connectivity index (χ2v) is 5.54. The third-order valence-corrected chi connectivity index (χ3v) is 3.91. The number of carbonyl (C=O) groups is 1. The van der Waals surface area contributed by atoms with Crippen LogP contribution in [-0.4, -0.2) is 23.9 Å². The number of benzene rings is 2. The van der Waals surface area contributed by atoms with E-state index in [1.165, 1.54) is 11.1 Å². The van der Waals surface area contributed by atoms with Crippen molar-refractivity contribution in [1.82, 2.24) is 4.90 Å². The van der Waals surface area contributed by atoms with Crippen LogP contribution in [0.4, 0.5) is 0 Å². The van der Waals surface area contributed by atoms with Crippen molar-refractivity contribution in [3.63, 3.8) is 0 Å². The highest BCUT2D eigenvalue weighted by Crippen LogP contribution is 2.15. The van der Waals surface area contributed by atoms with Crippen molar-refractivity contribution < 1.29 is 4.79 Å². The fraction of sp³-hybridized carbons (Fsp3) is 0.316. The summed E-state index contributed by atoms with van der Waals surface area (Å²) >= 11 is 0. The first-order valence-electron chi connectivity index (χ1n) is 7.76. The maximum Gasteiger partial charge on any atom is 0.244 e.